The number of nitrogens with one attached hydrogen (secondary N) is 1. The number of rotatable bonds is 6. The number of carbonyl (C=O) groups excluding carboxylic acids is 2. The molecule has 2 aromatic carbocycles. The molecule has 0 saturated carbocycles. The predicted octanol–water partition coefficient (Wildman–Crippen LogP) is 3.89. The van der Waals surface area contributed by atoms with Gasteiger partial charge in [-0.3, -0.25) is 9.59 Å². The van der Waals surface area contributed by atoms with Crippen molar-refractivity contribution in [3.8, 4) is 11.3 Å². The molecular weight excluding hydrogens is 466 g/mol. The molecule has 5 rings (SSSR count). The van der Waals surface area contributed by atoms with E-state index in [0.29, 0.717) is 47.6 Å². The molecule has 0 bridgehead atoms. The molecule has 0 radical (unpaired) electrons. The number of fused-ring (bicyclic) bond motifs is 1. The number of aromatic nitrogens is 4. The Hall–Kier alpha value is -4.27. The van der Waals surface area contributed by atoms with Crippen LogP contribution in [0.5, 0.6) is 0 Å². The number of nitrogen functional groups attached to an aromatic ring is 1. The van der Waals surface area contributed by atoms with E-state index in [4.69, 9.17) is 10.8 Å². The van der Waals surface area contributed by atoms with Crippen molar-refractivity contribution in [1.29, 1.82) is 0 Å². The fourth-order valence-corrected chi connectivity index (χ4v) is 4.94. The molecular formula is C28H31N7O2. The molecule has 9 nitrogen and oxygen atoms in total. The zero-order chi connectivity index (χ0) is 25.9. The summed E-state index contributed by atoms with van der Waals surface area (Å²) in [5, 5.41) is 8.64. The Bertz CT molecular complexity index is 1440. The average Bonchev–Trinajstić information content (AvgIpc) is 3.33. The number of amides is 2. The van der Waals surface area contributed by atoms with Crippen molar-refractivity contribution in [3.63, 3.8) is 0 Å². The van der Waals surface area contributed by atoms with Crippen LogP contribution in [0.15, 0.2) is 54.9 Å². The molecule has 0 spiro atoms. The highest BCUT2D eigenvalue weighted by Crippen LogP contribution is 2.34. The summed E-state index contributed by atoms with van der Waals surface area (Å²) in [7, 11) is 0. The van der Waals surface area contributed by atoms with Gasteiger partial charge in [0.1, 0.15) is 17.8 Å². The van der Waals surface area contributed by atoms with Gasteiger partial charge < -0.3 is 16.0 Å². The highest BCUT2D eigenvalue weighted by atomic mass is 16.2. The Labute approximate surface area is 215 Å². The normalized spacial score (nSPS) is 15.6. The summed E-state index contributed by atoms with van der Waals surface area (Å²) < 4.78 is 1.91. The van der Waals surface area contributed by atoms with Gasteiger partial charge >= 0.3 is 0 Å². The molecule has 3 heterocycles. The summed E-state index contributed by atoms with van der Waals surface area (Å²) >= 11 is 0. The number of anilines is 1. The Morgan fingerprint density at radius 3 is 2.65 bits per heavy atom. The smallest absolute Gasteiger partial charge is 0.251 e. The lowest BCUT2D eigenvalue weighted by molar-refractivity contribution is -0.132. The fourth-order valence-electron chi connectivity index (χ4n) is 4.94. The van der Waals surface area contributed by atoms with Crippen molar-refractivity contribution in [2.75, 3.05) is 18.8 Å². The van der Waals surface area contributed by atoms with Gasteiger partial charge in [0.2, 0.25) is 5.91 Å². The van der Waals surface area contributed by atoms with Crippen molar-refractivity contribution in [2.24, 2.45) is 0 Å². The van der Waals surface area contributed by atoms with E-state index in [1.165, 1.54) is 6.33 Å². The van der Waals surface area contributed by atoms with E-state index in [-0.39, 0.29) is 17.9 Å². The van der Waals surface area contributed by atoms with E-state index in [1.54, 1.807) is 0 Å². The minimum Gasteiger partial charge on any atom is -0.383 e. The van der Waals surface area contributed by atoms with Crippen LogP contribution in [0.3, 0.4) is 0 Å². The number of piperidine rings is 1. The number of hydrogen-bond acceptors (Lipinski definition) is 6. The Morgan fingerprint density at radius 2 is 1.89 bits per heavy atom. The van der Waals surface area contributed by atoms with Crippen LogP contribution in [0, 0.1) is 6.92 Å². The lowest BCUT2D eigenvalue weighted by Gasteiger charge is -2.32. The van der Waals surface area contributed by atoms with E-state index >= 15 is 0 Å². The van der Waals surface area contributed by atoms with Gasteiger partial charge in [-0.25, -0.2) is 14.6 Å². The third-order valence-corrected chi connectivity index (χ3v) is 6.99. The summed E-state index contributed by atoms with van der Waals surface area (Å²) in [5.41, 5.74) is 11.2. The summed E-state index contributed by atoms with van der Waals surface area (Å²) in [6, 6.07) is 15.4. The molecule has 1 saturated heterocycles. The lowest BCUT2D eigenvalue weighted by Crippen LogP contribution is -2.40. The third kappa shape index (κ3) is 4.89. The molecule has 1 aliphatic heterocycles. The van der Waals surface area contributed by atoms with Gasteiger partial charge in [0, 0.05) is 37.2 Å². The van der Waals surface area contributed by atoms with Crippen molar-refractivity contribution in [3.05, 3.63) is 71.5 Å². The van der Waals surface area contributed by atoms with Crippen LogP contribution in [0.1, 0.15) is 53.7 Å². The number of nitrogens with zero attached hydrogens (tertiary/aromatic N) is 5. The summed E-state index contributed by atoms with van der Waals surface area (Å²) in [4.78, 5) is 35.5. The summed E-state index contributed by atoms with van der Waals surface area (Å²) in [6.07, 6.45) is 3.77. The quantitative estimate of drug-likeness (QED) is 0.417. The molecule has 2 aromatic heterocycles. The first-order valence-electron chi connectivity index (χ1n) is 12.7. The van der Waals surface area contributed by atoms with Gasteiger partial charge in [-0.2, -0.15) is 5.10 Å². The van der Waals surface area contributed by atoms with E-state index in [2.05, 4.69) is 15.3 Å². The average molecular weight is 498 g/mol. The highest BCUT2D eigenvalue weighted by Gasteiger charge is 2.28. The van der Waals surface area contributed by atoms with Crippen molar-refractivity contribution in [2.45, 2.75) is 45.7 Å². The molecule has 1 atom stereocenters. The fraction of sp³-hybridized carbons (Fsp3) is 0.321. The number of nitrogens with two attached hydrogens (primary N) is 1. The molecule has 1 aliphatic rings. The van der Waals surface area contributed by atoms with Gasteiger partial charge in [-0.05, 0) is 37.0 Å². The van der Waals surface area contributed by atoms with E-state index in [0.717, 1.165) is 36.1 Å². The molecule has 0 aliphatic carbocycles. The molecule has 37 heavy (non-hydrogen) atoms. The summed E-state index contributed by atoms with van der Waals surface area (Å²) in [6.45, 7) is 5.60. The highest BCUT2D eigenvalue weighted by molar-refractivity contribution is 5.98. The molecule has 1 fully saturated rings. The standard InChI is InChI=1S/C28H31N7O2/c1-3-23(36)34-14-6-8-21(16-34)35-27-24(26(29)31-17-32-27)25(33-35)20-12-10-19(11-13-20)15-30-28(37)22-9-5-4-7-18(22)2/h4-5,7,9-13,17,21H,3,6,8,14-16H2,1-2H3,(H,30,37)(H2,29,31,32). The second kappa shape index (κ2) is 10.4. The van der Waals surface area contributed by atoms with Crippen molar-refractivity contribution >= 4 is 28.7 Å². The Balaban J connectivity index is 1.39. The largest absolute Gasteiger partial charge is 0.383 e. The molecule has 3 N–H and O–H groups in total. The van der Waals surface area contributed by atoms with Crippen LogP contribution in [0.2, 0.25) is 0 Å². The lowest BCUT2D eigenvalue weighted by atomic mass is 10.1. The molecule has 1 unspecified atom stereocenters. The zero-order valence-corrected chi connectivity index (χ0v) is 21.1. The van der Waals surface area contributed by atoms with Crippen LogP contribution >= 0.6 is 0 Å². The first kappa shape index (κ1) is 24.4. The number of hydrogen-bond donors (Lipinski definition) is 2. The van der Waals surface area contributed by atoms with E-state index in [1.807, 2.05) is 72.0 Å². The maximum absolute atomic E-state index is 12.6. The Morgan fingerprint density at radius 1 is 1.11 bits per heavy atom. The number of likely N-dealkylation sites (tertiary alicyclic amines) is 1. The second-order valence-electron chi connectivity index (χ2n) is 9.43. The zero-order valence-electron chi connectivity index (χ0n) is 21.1. The van der Waals surface area contributed by atoms with Gasteiger partial charge in [-0.1, -0.05) is 49.4 Å². The monoisotopic (exact) mass is 497 g/mol. The SMILES string of the molecule is CCC(=O)N1CCCC(n2nc(-c3ccc(CNC(=O)c4ccccc4C)cc3)c3c(N)ncnc32)C1. The predicted molar refractivity (Wildman–Crippen MR) is 143 cm³/mol. The first-order valence-corrected chi connectivity index (χ1v) is 12.7. The van der Waals surface area contributed by atoms with E-state index < -0.39 is 0 Å². The minimum atomic E-state index is -0.0973. The van der Waals surface area contributed by atoms with Gasteiger partial charge in [-0.15, -0.1) is 0 Å². The van der Waals surface area contributed by atoms with Crippen LogP contribution in [0.4, 0.5) is 5.82 Å². The topological polar surface area (TPSA) is 119 Å². The van der Waals surface area contributed by atoms with Crippen molar-refractivity contribution < 1.29 is 9.59 Å². The third-order valence-electron chi connectivity index (χ3n) is 6.99. The van der Waals surface area contributed by atoms with Gasteiger partial charge in [0.05, 0.1) is 11.4 Å². The van der Waals surface area contributed by atoms with Crippen molar-refractivity contribution in [1.82, 2.24) is 30.0 Å². The van der Waals surface area contributed by atoms with Gasteiger partial charge in [0.25, 0.3) is 5.91 Å². The van der Waals surface area contributed by atoms with Gasteiger partial charge in [0.15, 0.2) is 5.65 Å². The minimum absolute atomic E-state index is 0.0192. The molecule has 4 aromatic rings. The molecule has 2 amide bonds. The maximum Gasteiger partial charge on any atom is 0.251 e. The second-order valence-corrected chi connectivity index (χ2v) is 9.43. The number of benzene rings is 2. The van der Waals surface area contributed by atoms with E-state index in [9.17, 15) is 9.59 Å². The number of aryl methyl sites for hydroxylation is 1. The molecule has 190 valence electrons. The summed E-state index contributed by atoms with van der Waals surface area (Å²) in [5.74, 6) is 0.429. The van der Waals surface area contributed by atoms with Crippen LogP contribution in [-0.2, 0) is 11.3 Å². The molecule has 9 heteroatoms. The van der Waals surface area contributed by atoms with Crippen LogP contribution < -0.4 is 11.1 Å². The van der Waals surface area contributed by atoms with Crippen LogP contribution in [-0.4, -0.2) is 49.6 Å². The maximum atomic E-state index is 12.6. The Kier molecular flexibility index (Phi) is 6.85. The number of carbonyl (C=O) groups is 2. The van der Waals surface area contributed by atoms with Crippen LogP contribution in [0.25, 0.3) is 22.3 Å². The first-order chi connectivity index (χ1) is 18.0.